The molecule has 0 aliphatic carbocycles. The van der Waals surface area contributed by atoms with Crippen LogP contribution in [-0.2, 0) is 41.4 Å². The molecule has 4 heterocycles. The molecule has 0 saturated heterocycles. The summed E-state index contributed by atoms with van der Waals surface area (Å²) in [6.07, 6.45) is 0.00853. The van der Waals surface area contributed by atoms with Crippen molar-refractivity contribution >= 4 is 23.6 Å². The monoisotopic (exact) mass is 902 g/mol. The van der Waals surface area contributed by atoms with E-state index >= 15 is 0 Å². The van der Waals surface area contributed by atoms with Gasteiger partial charge < -0.3 is 29.7 Å². The van der Waals surface area contributed by atoms with Gasteiger partial charge in [-0.05, 0) is 47.5 Å². The molecule has 12 nitrogen and oxygen atoms in total. The standard InChI is InChI=1S/C25H20F3N3O3.C24H19F2N3O3/c26-25(27,28)22-12-11-18(34-22)14-20(24(32)33)31-23-19(13-16-7-3-1-4-8-16)30-21(15-29-23)17-9-5-2-6-10-17;25-17-9-4-10-18(26)22(17)21-14-27-23(19(28-21)12-15-6-2-1-3-7-15)29-20(24(30)31)13-16-8-5-11-32-16/h1-12,15,20H,13-14H2,(H,29,31)(H,32,33);1-11,14,20H,12-13H2,(H,27,29)(H,30,31). The molecule has 0 saturated carbocycles. The van der Waals surface area contributed by atoms with E-state index in [1.165, 1.54) is 24.7 Å². The van der Waals surface area contributed by atoms with Crippen LogP contribution in [0.25, 0.3) is 22.5 Å². The van der Waals surface area contributed by atoms with Gasteiger partial charge in [-0.25, -0.2) is 38.3 Å². The summed E-state index contributed by atoms with van der Waals surface area (Å²) in [5.41, 5.74) is 3.90. The largest absolute Gasteiger partial charge is 0.480 e. The molecule has 0 aliphatic rings. The number of halogens is 5. The number of aromatic nitrogens is 4. The van der Waals surface area contributed by atoms with Crippen LogP contribution in [0.2, 0.25) is 0 Å². The number of carboxylic acid groups (broad SMARTS) is 2. The lowest BCUT2D eigenvalue weighted by Crippen LogP contribution is -2.32. The number of alkyl halides is 3. The van der Waals surface area contributed by atoms with Crippen molar-refractivity contribution in [3.8, 4) is 22.5 Å². The normalized spacial score (nSPS) is 12.1. The van der Waals surface area contributed by atoms with Crippen LogP contribution in [0.4, 0.5) is 33.6 Å². The van der Waals surface area contributed by atoms with Crippen LogP contribution in [0.1, 0.15) is 39.8 Å². The summed E-state index contributed by atoms with van der Waals surface area (Å²) in [6.45, 7) is 0. The van der Waals surface area contributed by atoms with Crippen LogP contribution in [0.15, 0.2) is 161 Å². The molecule has 2 unspecified atom stereocenters. The number of hydrogen-bond donors (Lipinski definition) is 4. The van der Waals surface area contributed by atoms with Crippen molar-refractivity contribution in [2.75, 3.05) is 10.6 Å². The van der Waals surface area contributed by atoms with Crippen molar-refractivity contribution in [2.45, 2.75) is 43.9 Å². The molecule has 66 heavy (non-hydrogen) atoms. The minimum absolute atomic E-state index is 0.0231. The highest BCUT2D eigenvalue weighted by molar-refractivity contribution is 5.78. The number of carboxylic acids is 2. The van der Waals surface area contributed by atoms with E-state index in [1.807, 2.05) is 91.0 Å². The number of rotatable bonds is 16. The summed E-state index contributed by atoms with van der Waals surface area (Å²) in [5.74, 6) is -4.21. The van der Waals surface area contributed by atoms with Gasteiger partial charge >= 0.3 is 18.1 Å². The average Bonchev–Trinajstić information content (AvgIpc) is 4.02. The van der Waals surface area contributed by atoms with Crippen molar-refractivity contribution in [1.29, 1.82) is 0 Å². The third-order valence-corrected chi connectivity index (χ3v) is 9.96. The zero-order chi connectivity index (χ0) is 46.6. The molecule has 336 valence electrons. The van der Waals surface area contributed by atoms with Gasteiger partial charge in [-0.2, -0.15) is 13.2 Å². The molecular formula is C49H39F5N6O6. The minimum atomic E-state index is -4.65. The molecule has 8 aromatic rings. The fourth-order valence-corrected chi connectivity index (χ4v) is 6.73. The zero-order valence-electron chi connectivity index (χ0n) is 34.6. The first-order valence-electron chi connectivity index (χ1n) is 20.3. The topological polar surface area (TPSA) is 176 Å². The first-order valence-corrected chi connectivity index (χ1v) is 20.3. The van der Waals surface area contributed by atoms with E-state index in [0.29, 0.717) is 29.3 Å². The van der Waals surface area contributed by atoms with Gasteiger partial charge in [-0.15, -0.1) is 0 Å². The molecular weight excluding hydrogens is 864 g/mol. The van der Waals surface area contributed by atoms with Crippen LogP contribution in [-0.4, -0.2) is 54.2 Å². The zero-order valence-corrected chi connectivity index (χ0v) is 34.6. The molecule has 8 rings (SSSR count). The van der Waals surface area contributed by atoms with E-state index < -0.39 is 47.6 Å². The number of nitrogens with zero attached hydrogens (tertiary/aromatic N) is 4. The van der Waals surface area contributed by atoms with Gasteiger partial charge in [0.2, 0.25) is 5.76 Å². The predicted octanol–water partition coefficient (Wildman–Crippen LogP) is 10.2. The summed E-state index contributed by atoms with van der Waals surface area (Å²) in [7, 11) is 0. The van der Waals surface area contributed by atoms with Gasteiger partial charge in [0.1, 0.15) is 46.9 Å². The third-order valence-electron chi connectivity index (χ3n) is 9.96. The van der Waals surface area contributed by atoms with Crippen LogP contribution < -0.4 is 10.6 Å². The molecule has 0 radical (unpaired) electrons. The predicted molar refractivity (Wildman–Crippen MR) is 233 cm³/mol. The number of carbonyl (C=O) groups is 2. The summed E-state index contributed by atoms with van der Waals surface area (Å²) < 4.78 is 77.2. The Bertz CT molecular complexity index is 2840. The number of benzene rings is 4. The molecule has 4 aromatic heterocycles. The molecule has 0 bridgehead atoms. The SMILES string of the molecule is O=C(O)C(Cc1ccc(C(F)(F)F)o1)Nc1ncc(-c2ccccc2)nc1Cc1ccccc1.O=C(O)C(Cc1ccco1)Nc1ncc(-c2c(F)cccc2F)nc1Cc1ccccc1. The molecule has 17 heteroatoms. The van der Waals surface area contributed by atoms with Crippen LogP contribution in [0.5, 0.6) is 0 Å². The molecule has 0 aliphatic heterocycles. The second-order valence-electron chi connectivity index (χ2n) is 14.7. The minimum Gasteiger partial charge on any atom is -0.480 e. The highest BCUT2D eigenvalue weighted by Gasteiger charge is 2.35. The maximum Gasteiger partial charge on any atom is 0.449 e. The van der Waals surface area contributed by atoms with E-state index in [-0.39, 0.29) is 47.9 Å². The number of anilines is 2. The Hall–Kier alpha value is -8.21. The van der Waals surface area contributed by atoms with Crippen LogP contribution >= 0.6 is 0 Å². The molecule has 0 amide bonds. The van der Waals surface area contributed by atoms with Gasteiger partial charge in [0.25, 0.3) is 0 Å². The quantitative estimate of drug-likeness (QED) is 0.0676. The van der Waals surface area contributed by atoms with Gasteiger partial charge in [0, 0.05) is 31.2 Å². The number of furan rings is 2. The van der Waals surface area contributed by atoms with E-state index in [9.17, 15) is 41.8 Å². The second kappa shape index (κ2) is 21.0. The average molecular weight is 903 g/mol. The van der Waals surface area contributed by atoms with Crippen LogP contribution in [0.3, 0.4) is 0 Å². The fraction of sp³-hybridized carbons (Fsp3) is 0.143. The maximum atomic E-state index is 14.3. The summed E-state index contributed by atoms with van der Waals surface area (Å²) in [6, 6.07) is 34.7. The van der Waals surface area contributed by atoms with E-state index in [0.717, 1.165) is 41.0 Å². The lowest BCUT2D eigenvalue weighted by molar-refractivity contribution is -0.153. The van der Waals surface area contributed by atoms with Gasteiger partial charge in [-0.1, -0.05) is 97.1 Å². The van der Waals surface area contributed by atoms with Gasteiger partial charge in [-0.3, -0.25) is 0 Å². The Kier molecular flexibility index (Phi) is 14.6. The summed E-state index contributed by atoms with van der Waals surface area (Å²) >= 11 is 0. The Labute approximate surface area is 373 Å². The van der Waals surface area contributed by atoms with Gasteiger partial charge in [0.05, 0.1) is 47.0 Å². The van der Waals surface area contributed by atoms with Gasteiger partial charge in [0.15, 0.2) is 0 Å². The molecule has 4 aromatic carbocycles. The summed E-state index contributed by atoms with van der Waals surface area (Å²) in [4.78, 5) is 41.6. The lowest BCUT2D eigenvalue weighted by Gasteiger charge is -2.17. The fourth-order valence-electron chi connectivity index (χ4n) is 6.73. The van der Waals surface area contributed by atoms with Crippen molar-refractivity contribution < 1.29 is 50.6 Å². The first kappa shape index (κ1) is 45.8. The number of hydrogen-bond acceptors (Lipinski definition) is 10. The van der Waals surface area contributed by atoms with Crippen molar-refractivity contribution in [3.63, 3.8) is 0 Å². The molecule has 0 fully saturated rings. The number of aliphatic carboxylic acids is 2. The van der Waals surface area contributed by atoms with E-state index in [1.54, 1.807) is 12.1 Å². The number of nitrogens with one attached hydrogen (secondary N) is 2. The van der Waals surface area contributed by atoms with Crippen LogP contribution in [0, 0.1) is 11.6 Å². The van der Waals surface area contributed by atoms with Crippen molar-refractivity contribution in [2.24, 2.45) is 0 Å². The Morgan fingerprint density at radius 1 is 0.591 bits per heavy atom. The first-order chi connectivity index (χ1) is 31.8. The summed E-state index contributed by atoms with van der Waals surface area (Å²) in [5, 5.41) is 25.1. The van der Waals surface area contributed by atoms with E-state index in [2.05, 4.69) is 25.6 Å². The Morgan fingerprint density at radius 2 is 1.09 bits per heavy atom. The molecule has 4 N–H and O–H groups in total. The third kappa shape index (κ3) is 12.1. The molecule has 2 atom stereocenters. The lowest BCUT2D eigenvalue weighted by atomic mass is 10.1. The molecule has 0 spiro atoms. The maximum absolute atomic E-state index is 14.3. The highest BCUT2D eigenvalue weighted by atomic mass is 19.4. The highest BCUT2D eigenvalue weighted by Crippen LogP contribution is 2.32. The van der Waals surface area contributed by atoms with E-state index in [4.69, 9.17) is 13.8 Å². The van der Waals surface area contributed by atoms with Crippen molar-refractivity contribution in [3.05, 3.63) is 204 Å². The Balaban J connectivity index is 0.000000197. The smallest absolute Gasteiger partial charge is 0.449 e. The second-order valence-corrected chi connectivity index (χ2v) is 14.7. The van der Waals surface area contributed by atoms with Crippen molar-refractivity contribution in [1.82, 2.24) is 19.9 Å². The Morgan fingerprint density at radius 3 is 1.58 bits per heavy atom.